The van der Waals surface area contributed by atoms with Crippen LogP contribution in [0.25, 0.3) is 0 Å². The Hall–Kier alpha value is -1.44. The van der Waals surface area contributed by atoms with Crippen LogP contribution in [0.3, 0.4) is 0 Å². The van der Waals surface area contributed by atoms with E-state index in [2.05, 4.69) is 20.7 Å². The van der Waals surface area contributed by atoms with Gasteiger partial charge in [0.2, 0.25) is 0 Å². The second-order valence-electron chi connectivity index (χ2n) is 5.67. The van der Waals surface area contributed by atoms with Crippen molar-refractivity contribution in [2.45, 2.75) is 39.1 Å². The lowest BCUT2D eigenvalue weighted by atomic mass is 10.0. The number of amides is 1. The molecule has 0 saturated heterocycles. The maximum atomic E-state index is 12.3. The topological polar surface area (TPSA) is 49.8 Å². The Morgan fingerprint density at radius 2 is 1.91 bits per heavy atom. The van der Waals surface area contributed by atoms with E-state index in [0.717, 1.165) is 0 Å². The molecule has 0 aliphatic carbocycles. The van der Waals surface area contributed by atoms with Crippen molar-refractivity contribution < 1.29 is 27.8 Å². The van der Waals surface area contributed by atoms with Crippen LogP contribution in [-0.4, -0.2) is 34.5 Å². The monoisotopic (exact) mass is 383 g/mol. The van der Waals surface area contributed by atoms with Crippen molar-refractivity contribution in [3.63, 3.8) is 0 Å². The molecule has 0 fully saturated rings. The summed E-state index contributed by atoms with van der Waals surface area (Å²) in [5.74, 6) is -0.345. The van der Waals surface area contributed by atoms with Crippen LogP contribution in [0.5, 0.6) is 5.75 Å². The van der Waals surface area contributed by atoms with Crippen molar-refractivity contribution >= 4 is 22.0 Å². The first-order chi connectivity index (χ1) is 9.90. The molecule has 1 aromatic rings. The second kappa shape index (κ2) is 6.76. The molecule has 22 heavy (non-hydrogen) atoms. The third-order valence-corrected chi connectivity index (χ3v) is 3.54. The average molecular weight is 384 g/mol. The summed E-state index contributed by atoms with van der Waals surface area (Å²) in [6, 6.07) is 4.31. The highest BCUT2D eigenvalue weighted by Gasteiger charge is 2.32. The van der Waals surface area contributed by atoms with E-state index in [4.69, 9.17) is 0 Å². The van der Waals surface area contributed by atoms with Crippen molar-refractivity contribution in [3.8, 4) is 5.75 Å². The normalized spacial score (nSPS) is 12.1. The lowest BCUT2D eigenvalue weighted by Crippen LogP contribution is -2.45. The van der Waals surface area contributed by atoms with Gasteiger partial charge in [0.1, 0.15) is 5.75 Å². The fourth-order valence-electron chi connectivity index (χ4n) is 1.87. The number of halogens is 4. The first-order valence-electron chi connectivity index (χ1n) is 6.45. The Bertz CT molecular complexity index is 541. The SMILES string of the molecule is CC(C)(C)N(CCc1ccc(Br)c(OC(F)(F)F)c1)C(=O)O. The van der Waals surface area contributed by atoms with Gasteiger partial charge in [-0.25, -0.2) is 4.79 Å². The van der Waals surface area contributed by atoms with Gasteiger partial charge in [-0.3, -0.25) is 0 Å². The lowest BCUT2D eigenvalue weighted by Gasteiger charge is -2.33. The maximum Gasteiger partial charge on any atom is 0.573 e. The minimum atomic E-state index is -4.78. The van der Waals surface area contributed by atoms with Gasteiger partial charge in [0.25, 0.3) is 0 Å². The van der Waals surface area contributed by atoms with E-state index >= 15 is 0 Å². The molecule has 0 saturated carbocycles. The molecular weight excluding hydrogens is 367 g/mol. The van der Waals surface area contributed by atoms with Crippen LogP contribution >= 0.6 is 15.9 Å². The molecule has 1 N–H and O–H groups in total. The van der Waals surface area contributed by atoms with Gasteiger partial charge in [0.15, 0.2) is 0 Å². The number of hydrogen-bond acceptors (Lipinski definition) is 2. The summed E-state index contributed by atoms with van der Waals surface area (Å²) in [5, 5.41) is 9.18. The molecule has 0 spiro atoms. The Labute approximate surface area is 135 Å². The quantitative estimate of drug-likeness (QED) is 0.821. The van der Waals surface area contributed by atoms with E-state index in [9.17, 15) is 23.1 Å². The predicted octanol–water partition coefficient (Wildman–Crippen LogP) is 4.67. The van der Waals surface area contributed by atoms with Crippen LogP contribution in [0.1, 0.15) is 26.3 Å². The van der Waals surface area contributed by atoms with Gasteiger partial charge in [0.05, 0.1) is 4.47 Å². The van der Waals surface area contributed by atoms with Crippen LogP contribution in [0, 0.1) is 0 Å². The number of carboxylic acid groups (broad SMARTS) is 1. The number of hydrogen-bond donors (Lipinski definition) is 1. The van der Waals surface area contributed by atoms with Gasteiger partial charge in [-0.1, -0.05) is 6.07 Å². The molecule has 1 rings (SSSR count). The van der Waals surface area contributed by atoms with Gasteiger partial charge in [0, 0.05) is 12.1 Å². The third kappa shape index (κ3) is 5.75. The minimum Gasteiger partial charge on any atom is -0.465 e. The molecule has 1 amide bonds. The number of benzene rings is 1. The lowest BCUT2D eigenvalue weighted by molar-refractivity contribution is -0.274. The molecule has 0 atom stereocenters. The molecule has 0 aliphatic rings. The Morgan fingerprint density at radius 1 is 1.32 bits per heavy atom. The van der Waals surface area contributed by atoms with E-state index in [1.807, 2.05) is 0 Å². The summed E-state index contributed by atoms with van der Waals surface area (Å²) in [5.41, 5.74) is -0.0371. The number of ether oxygens (including phenoxy) is 1. The highest BCUT2D eigenvalue weighted by Crippen LogP contribution is 2.31. The maximum absolute atomic E-state index is 12.3. The van der Waals surface area contributed by atoms with E-state index < -0.39 is 18.0 Å². The van der Waals surface area contributed by atoms with Crippen LogP contribution in [0.15, 0.2) is 22.7 Å². The van der Waals surface area contributed by atoms with Crippen molar-refractivity contribution in [1.29, 1.82) is 0 Å². The van der Waals surface area contributed by atoms with E-state index in [-0.39, 0.29) is 23.2 Å². The number of alkyl halides is 3. The summed E-state index contributed by atoms with van der Waals surface area (Å²) >= 11 is 2.99. The summed E-state index contributed by atoms with van der Waals surface area (Å²) in [4.78, 5) is 12.5. The smallest absolute Gasteiger partial charge is 0.465 e. The fraction of sp³-hybridized carbons (Fsp3) is 0.500. The molecule has 8 heteroatoms. The van der Waals surface area contributed by atoms with Gasteiger partial charge >= 0.3 is 12.5 Å². The van der Waals surface area contributed by atoms with Crippen LogP contribution < -0.4 is 4.74 Å². The minimum absolute atomic E-state index is 0.173. The van der Waals surface area contributed by atoms with Gasteiger partial charge in [-0.15, -0.1) is 13.2 Å². The van der Waals surface area contributed by atoms with E-state index in [1.165, 1.54) is 17.0 Å². The molecular formula is C14H17BrF3NO3. The van der Waals surface area contributed by atoms with Gasteiger partial charge < -0.3 is 14.7 Å². The molecule has 4 nitrogen and oxygen atoms in total. The summed E-state index contributed by atoms with van der Waals surface area (Å²) in [6.07, 6.45) is -5.57. The zero-order valence-corrected chi connectivity index (χ0v) is 14.0. The molecule has 0 aliphatic heterocycles. The zero-order chi connectivity index (χ0) is 17.1. The van der Waals surface area contributed by atoms with Crippen LogP contribution in [-0.2, 0) is 6.42 Å². The zero-order valence-electron chi connectivity index (χ0n) is 12.4. The standard InChI is InChI=1S/C14H17BrF3NO3/c1-13(2,3)19(12(20)21)7-6-9-4-5-10(15)11(8-9)22-14(16,17)18/h4-5,8H,6-7H2,1-3H3,(H,20,21). The van der Waals surface area contributed by atoms with Crippen LogP contribution in [0.4, 0.5) is 18.0 Å². The highest BCUT2D eigenvalue weighted by molar-refractivity contribution is 9.10. The van der Waals surface area contributed by atoms with Crippen molar-refractivity contribution in [1.82, 2.24) is 4.90 Å². The molecule has 0 heterocycles. The largest absolute Gasteiger partial charge is 0.573 e. The average Bonchev–Trinajstić information content (AvgIpc) is 2.29. The number of carbonyl (C=O) groups is 1. The Kier molecular flexibility index (Phi) is 5.72. The summed E-state index contributed by atoms with van der Waals surface area (Å²) in [7, 11) is 0. The number of nitrogens with zero attached hydrogens (tertiary/aromatic N) is 1. The predicted molar refractivity (Wildman–Crippen MR) is 79.0 cm³/mol. The summed E-state index contributed by atoms with van der Waals surface area (Å²) < 4.78 is 41.0. The highest BCUT2D eigenvalue weighted by atomic mass is 79.9. The molecule has 0 bridgehead atoms. The van der Waals surface area contributed by atoms with Gasteiger partial charge in [-0.05, 0) is 60.8 Å². The second-order valence-corrected chi connectivity index (χ2v) is 6.52. The Balaban J connectivity index is 2.86. The van der Waals surface area contributed by atoms with E-state index in [0.29, 0.717) is 5.56 Å². The first kappa shape index (κ1) is 18.6. The number of rotatable bonds is 4. The third-order valence-electron chi connectivity index (χ3n) is 2.89. The first-order valence-corrected chi connectivity index (χ1v) is 7.24. The van der Waals surface area contributed by atoms with Crippen molar-refractivity contribution in [3.05, 3.63) is 28.2 Å². The van der Waals surface area contributed by atoms with Gasteiger partial charge in [-0.2, -0.15) is 0 Å². The molecule has 0 radical (unpaired) electrons. The summed E-state index contributed by atoms with van der Waals surface area (Å²) in [6.45, 7) is 5.43. The van der Waals surface area contributed by atoms with Crippen molar-refractivity contribution in [2.24, 2.45) is 0 Å². The van der Waals surface area contributed by atoms with E-state index in [1.54, 1.807) is 26.8 Å². The molecule has 124 valence electrons. The van der Waals surface area contributed by atoms with Crippen LogP contribution in [0.2, 0.25) is 0 Å². The fourth-order valence-corrected chi connectivity index (χ4v) is 2.19. The Morgan fingerprint density at radius 3 is 2.36 bits per heavy atom. The van der Waals surface area contributed by atoms with Crippen molar-refractivity contribution in [2.75, 3.05) is 6.54 Å². The molecule has 0 aromatic heterocycles. The molecule has 1 aromatic carbocycles. The molecule has 0 unspecified atom stereocenters.